The first-order valence-electron chi connectivity index (χ1n) is 7.26. The largest absolute Gasteiger partial charge is 0.339 e. The molecule has 0 atom stereocenters. The highest BCUT2D eigenvalue weighted by Gasteiger charge is 2.15. The van der Waals surface area contributed by atoms with E-state index >= 15 is 0 Å². The Labute approximate surface area is 154 Å². The summed E-state index contributed by atoms with van der Waals surface area (Å²) in [5, 5.41) is 7.88. The van der Waals surface area contributed by atoms with Crippen LogP contribution in [0.3, 0.4) is 0 Å². The van der Waals surface area contributed by atoms with Gasteiger partial charge in [-0.2, -0.15) is 0 Å². The average molecular weight is 380 g/mol. The molecule has 0 unspecified atom stereocenters. The second-order valence-corrected chi connectivity index (χ2v) is 6.02. The summed E-state index contributed by atoms with van der Waals surface area (Å²) in [4.78, 5) is 35.4. The third-order valence-electron chi connectivity index (χ3n) is 3.13. The molecular weight excluding hydrogens is 365 g/mol. The number of amides is 3. The first-order chi connectivity index (χ1) is 11.8. The molecule has 0 radical (unpaired) electrons. The maximum absolute atomic E-state index is 11.8. The summed E-state index contributed by atoms with van der Waals surface area (Å²) in [6.45, 7) is 1.52. The first kappa shape index (κ1) is 18.8. The van der Waals surface area contributed by atoms with Crippen molar-refractivity contribution in [1.82, 2.24) is 5.32 Å². The van der Waals surface area contributed by atoms with Crippen LogP contribution in [0.25, 0.3) is 0 Å². The molecule has 0 bridgehead atoms. The van der Waals surface area contributed by atoms with E-state index in [2.05, 4.69) is 16.0 Å². The zero-order valence-corrected chi connectivity index (χ0v) is 14.7. The minimum atomic E-state index is -0.923. The molecule has 0 fully saturated rings. The predicted molar refractivity (Wildman–Crippen MR) is 97.9 cm³/mol. The van der Waals surface area contributed by atoms with Crippen LogP contribution in [0.4, 0.5) is 11.4 Å². The molecule has 0 saturated heterocycles. The van der Waals surface area contributed by atoms with Crippen LogP contribution in [0.2, 0.25) is 10.0 Å². The summed E-state index contributed by atoms with van der Waals surface area (Å²) in [7, 11) is 0. The van der Waals surface area contributed by atoms with E-state index in [0.717, 1.165) is 5.56 Å². The van der Waals surface area contributed by atoms with Crippen molar-refractivity contribution in [2.24, 2.45) is 0 Å². The SMILES string of the molecule is Cc1ccc(NC(=O)C(=O)NCC(=O)Nc2cc(Cl)ccc2Cl)cc1. The molecule has 25 heavy (non-hydrogen) atoms. The van der Waals surface area contributed by atoms with Crippen LogP contribution in [-0.4, -0.2) is 24.3 Å². The number of carbonyl (C=O) groups excluding carboxylic acids is 3. The molecule has 0 saturated carbocycles. The smallest absolute Gasteiger partial charge is 0.313 e. The van der Waals surface area contributed by atoms with Crippen LogP contribution in [0.15, 0.2) is 42.5 Å². The lowest BCUT2D eigenvalue weighted by molar-refractivity contribution is -0.136. The summed E-state index contributed by atoms with van der Waals surface area (Å²) in [5.74, 6) is -2.33. The van der Waals surface area contributed by atoms with E-state index < -0.39 is 17.7 Å². The highest BCUT2D eigenvalue weighted by molar-refractivity contribution is 6.40. The number of hydrogen-bond donors (Lipinski definition) is 3. The van der Waals surface area contributed by atoms with Gasteiger partial charge in [-0.1, -0.05) is 40.9 Å². The van der Waals surface area contributed by atoms with Crippen molar-refractivity contribution in [3.05, 3.63) is 58.1 Å². The molecule has 2 aromatic rings. The molecule has 6 nitrogen and oxygen atoms in total. The fourth-order valence-electron chi connectivity index (χ4n) is 1.85. The monoisotopic (exact) mass is 379 g/mol. The van der Waals surface area contributed by atoms with E-state index in [-0.39, 0.29) is 6.54 Å². The molecule has 2 rings (SSSR count). The minimum Gasteiger partial charge on any atom is -0.339 e. The number of anilines is 2. The number of rotatable bonds is 4. The van der Waals surface area contributed by atoms with Gasteiger partial charge in [-0.15, -0.1) is 0 Å². The van der Waals surface area contributed by atoms with Gasteiger partial charge in [0.15, 0.2) is 0 Å². The quantitative estimate of drug-likeness (QED) is 0.713. The van der Waals surface area contributed by atoms with E-state index in [1.54, 1.807) is 30.3 Å². The van der Waals surface area contributed by atoms with Crippen molar-refractivity contribution in [2.75, 3.05) is 17.2 Å². The molecule has 130 valence electrons. The van der Waals surface area contributed by atoms with Crippen molar-refractivity contribution in [2.45, 2.75) is 6.92 Å². The lowest BCUT2D eigenvalue weighted by atomic mass is 10.2. The number of carbonyl (C=O) groups is 3. The Kier molecular flexibility index (Phi) is 6.38. The van der Waals surface area contributed by atoms with Gasteiger partial charge in [-0.05, 0) is 37.3 Å². The minimum absolute atomic E-state index is 0.307. The van der Waals surface area contributed by atoms with Crippen molar-refractivity contribution in [3.8, 4) is 0 Å². The Balaban J connectivity index is 1.84. The Morgan fingerprint density at radius 3 is 2.28 bits per heavy atom. The number of halogens is 2. The van der Waals surface area contributed by atoms with Gasteiger partial charge in [0, 0.05) is 10.7 Å². The van der Waals surface area contributed by atoms with Crippen LogP contribution in [0, 0.1) is 6.92 Å². The van der Waals surface area contributed by atoms with Crippen molar-refractivity contribution in [1.29, 1.82) is 0 Å². The molecule has 0 heterocycles. The predicted octanol–water partition coefficient (Wildman–Crippen LogP) is 3.00. The van der Waals surface area contributed by atoms with E-state index in [1.807, 2.05) is 6.92 Å². The van der Waals surface area contributed by atoms with E-state index in [9.17, 15) is 14.4 Å². The van der Waals surface area contributed by atoms with Crippen LogP contribution in [-0.2, 0) is 14.4 Å². The number of benzene rings is 2. The summed E-state index contributed by atoms with van der Waals surface area (Å²) in [6.07, 6.45) is 0. The van der Waals surface area contributed by atoms with Crippen LogP contribution < -0.4 is 16.0 Å². The van der Waals surface area contributed by atoms with Gasteiger partial charge in [0.2, 0.25) is 5.91 Å². The van der Waals surface area contributed by atoms with Gasteiger partial charge in [0.25, 0.3) is 0 Å². The van der Waals surface area contributed by atoms with Crippen LogP contribution in [0.5, 0.6) is 0 Å². The lowest BCUT2D eigenvalue weighted by Gasteiger charge is -2.09. The van der Waals surface area contributed by atoms with Gasteiger partial charge in [-0.3, -0.25) is 14.4 Å². The Hall–Kier alpha value is -2.57. The molecule has 0 aliphatic rings. The second-order valence-electron chi connectivity index (χ2n) is 5.18. The van der Waals surface area contributed by atoms with Crippen molar-refractivity contribution in [3.63, 3.8) is 0 Å². The lowest BCUT2D eigenvalue weighted by Crippen LogP contribution is -2.39. The number of nitrogens with one attached hydrogen (secondary N) is 3. The second kappa shape index (κ2) is 8.50. The van der Waals surface area contributed by atoms with E-state index in [0.29, 0.717) is 21.4 Å². The van der Waals surface area contributed by atoms with Gasteiger partial charge in [0.1, 0.15) is 0 Å². The molecule has 3 N–H and O–H groups in total. The van der Waals surface area contributed by atoms with Gasteiger partial charge in [-0.25, -0.2) is 0 Å². The molecule has 0 spiro atoms. The molecule has 3 amide bonds. The zero-order chi connectivity index (χ0) is 18.4. The Morgan fingerprint density at radius 2 is 1.60 bits per heavy atom. The summed E-state index contributed by atoms with van der Waals surface area (Å²) in [6, 6.07) is 11.5. The highest BCUT2D eigenvalue weighted by Crippen LogP contribution is 2.25. The standard InChI is InChI=1S/C17H15Cl2N3O3/c1-10-2-5-12(6-3-10)21-17(25)16(24)20-9-15(23)22-14-8-11(18)4-7-13(14)19/h2-8H,9H2,1H3,(H,20,24)(H,21,25)(H,22,23). The maximum atomic E-state index is 11.8. The van der Waals surface area contributed by atoms with E-state index in [4.69, 9.17) is 23.2 Å². The molecule has 8 heteroatoms. The third kappa shape index (κ3) is 5.77. The summed E-state index contributed by atoms with van der Waals surface area (Å²) in [5.41, 5.74) is 1.83. The molecule has 0 aliphatic heterocycles. The fraction of sp³-hybridized carbons (Fsp3) is 0.118. The topological polar surface area (TPSA) is 87.3 Å². The van der Waals surface area contributed by atoms with Gasteiger partial charge in [0.05, 0.1) is 17.3 Å². The molecular formula is C17H15Cl2N3O3. The van der Waals surface area contributed by atoms with Gasteiger partial charge >= 0.3 is 11.8 Å². The molecule has 2 aromatic carbocycles. The fourth-order valence-corrected chi connectivity index (χ4v) is 2.19. The van der Waals surface area contributed by atoms with E-state index in [1.165, 1.54) is 12.1 Å². The number of hydrogen-bond acceptors (Lipinski definition) is 3. The maximum Gasteiger partial charge on any atom is 0.313 e. The first-order valence-corrected chi connectivity index (χ1v) is 8.01. The normalized spacial score (nSPS) is 10.0. The van der Waals surface area contributed by atoms with Crippen LogP contribution >= 0.6 is 23.2 Å². The zero-order valence-electron chi connectivity index (χ0n) is 13.2. The Bertz CT molecular complexity index is 807. The molecule has 0 aliphatic carbocycles. The van der Waals surface area contributed by atoms with Crippen LogP contribution in [0.1, 0.15) is 5.56 Å². The summed E-state index contributed by atoms with van der Waals surface area (Å²) < 4.78 is 0. The third-order valence-corrected chi connectivity index (χ3v) is 3.69. The van der Waals surface area contributed by atoms with Crippen molar-refractivity contribution < 1.29 is 14.4 Å². The van der Waals surface area contributed by atoms with Crippen molar-refractivity contribution >= 4 is 52.3 Å². The molecule has 0 aromatic heterocycles. The summed E-state index contributed by atoms with van der Waals surface area (Å²) >= 11 is 11.8. The number of aryl methyl sites for hydroxylation is 1. The average Bonchev–Trinajstić information content (AvgIpc) is 2.58. The Morgan fingerprint density at radius 1 is 0.920 bits per heavy atom. The van der Waals surface area contributed by atoms with Gasteiger partial charge < -0.3 is 16.0 Å². The highest BCUT2D eigenvalue weighted by atomic mass is 35.5.